The number of carbonyl (C=O) groups is 2. The van der Waals surface area contributed by atoms with Crippen LogP contribution in [0.3, 0.4) is 0 Å². The molecule has 0 aromatic heterocycles. The predicted octanol–water partition coefficient (Wildman–Crippen LogP) is 4.04. The topological polar surface area (TPSA) is 66.4 Å². The Bertz CT molecular complexity index is 330. The Labute approximate surface area is 140 Å². The van der Waals surface area contributed by atoms with Gasteiger partial charge in [-0.1, -0.05) is 41.5 Å². The molecular formula is C17H35NO3S. The summed E-state index contributed by atoms with van der Waals surface area (Å²) in [4.78, 5) is 23.2. The third kappa shape index (κ3) is 10.9. The average Bonchev–Trinajstić information content (AvgIpc) is 2.37. The van der Waals surface area contributed by atoms with Crippen LogP contribution in [-0.4, -0.2) is 35.0 Å². The maximum Gasteiger partial charge on any atom is 0.308 e. The first kappa shape index (κ1) is 23.6. The maximum absolute atomic E-state index is 12.1. The number of hydrogen-bond donors (Lipinski definition) is 2. The molecule has 0 bridgehead atoms. The Morgan fingerprint density at radius 1 is 1.18 bits per heavy atom. The van der Waals surface area contributed by atoms with Crippen LogP contribution in [0.1, 0.15) is 61.3 Å². The summed E-state index contributed by atoms with van der Waals surface area (Å²) >= 11 is 1.55. The lowest BCUT2D eigenvalue weighted by Gasteiger charge is -2.28. The number of nitrogens with one attached hydrogen (secondary N) is 1. The number of thioether (sulfide) groups is 1. The van der Waals surface area contributed by atoms with Gasteiger partial charge in [0.25, 0.3) is 0 Å². The zero-order chi connectivity index (χ0) is 17.9. The molecule has 2 N–H and O–H groups in total. The minimum absolute atomic E-state index is 0.0530. The van der Waals surface area contributed by atoms with Crippen molar-refractivity contribution in [3.05, 3.63) is 0 Å². The van der Waals surface area contributed by atoms with Gasteiger partial charge in [-0.15, -0.1) is 0 Å². The first-order valence-electron chi connectivity index (χ1n) is 8.10. The largest absolute Gasteiger partial charge is 0.481 e. The third-order valence-corrected chi connectivity index (χ3v) is 3.98. The monoisotopic (exact) mass is 333 g/mol. The second-order valence-electron chi connectivity index (χ2n) is 6.70. The van der Waals surface area contributed by atoms with Gasteiger partial charge in [-0.2, -0.15) is 11.8 Å². The van der Waals surface area contributed by atoms with Gasteiger partial charge in [-0.05, 0) is 30.9 Å². The highest BCUT2D eigenvalue weighted by Gasteiger charge is 2.28. The molecule has 0 aliphatic carbocycles. The maximum atomic E-state index is 12.1. The molecule has 0 aliphatic heterocycles. The molecule has 0 saturated heterocycles. The molecule has 2 atom stereocenters. The molecule has 0 aromatic carbocycles. The Hall–Kier alpha value is -0.710. The van der Waals surface area contributed by atoms with E-state index >= 15 is 0 Å². The van der Waals surface area contributed by atoms with E-state index in [0.29, 0.717) is 18.1 Å². The fourth-order valence-corrected chi connectivity index (χ4v) is 3.26. The number of carbonyl (C=O) groups excluding carboxylic acids is 1. The van der Waals surface area contributed by atoms with E-state index in [4.69, 9.17) is 5.11 Å². The summed E-state index contributed by atoms with van der Waals surface area (Å²) in [7, 11) is 0. The van der Waals surface area contributed by atoms with E-state index in [0.717, 1.165) is 6.42 Å². The number of hydrogen-bond acceptors (Lipinski definition) is 3. The third-order valence-electron chi connectivity index (χ3n) is 3.29. The van der Waals surface area contributed by atoms with Gasteiger partial charge in [0.15, 0.2) is 0 Å². The van der Waals surface area contributed by atoms with Gasteiger partial charge in [-0.25, -0.2) is 0 Å². The van der Waals surface area contributed by atoms with Crippen LogP contribution in [0, 0.1) is 17.3 Å². The van der Waals surface area contributed by atoms with Gasteiger partial charge >= 0.3 is 5.97 Å². The van der Waals surface area contributed by atoms with Crippen molar-refractivity contribution in [1.29, 1.82) is 0 Å². The quantitative estimate of drug-likeness (QED) is 0.668. The van der Waals surface area contributed by atoms with Crippen LogP contribution < -0.4 is 5.32 Å². The van der Waals surface area contributed by atoms with Gasteiger partial charge in [0, 0.05) is 12.2 Å². The highest BCUT2D eigenvalue weighted by atomic mass is 32.2. The van der Waals surface area contributed by atoms with Gasteiger partial charge in [0.1, 0.15) is 0 Å². The second-order valence-corrected chi connectivity index (χ2v) is 7.61. The molecule has 0 heterocycles. The van der Waals surface area contributed by atoms with Gasteiger partial charge in [-0.3, -0.25) is 9.59 Å². The summed E-state index contributed by atoms with van der Waals surface area (Å²) in [5.74, 6) is -0.338. The van der Waals surface area contributed by atoms with E-state index < -0.39 is 11.9 Å². The number of carboxylic acids is 1. The molecule has 0 saturated carbocycles. The Morgan fingerprint density at radius 3 is 2.05 bits per heavy atom. The zero-order valence-corrected chi connectivity index (χ0v) is 16.3. The van der Waals surface area contributed by atoms with Crippen molar-refractivity contribution in [3.63, 3.8) is 0 Å². The summed E-state index contributed by atoms with van der Waals surface area (Å²) in [6.07, 6.45) is 3.32. The van der Waals surface area contributed by atoms with E-state index in [2.05, 4.69) is 33.0 Å². The number of amides is 1. The van der Waals surface area contributed by atoms with Crippen LogP contribution in [0.4, 0.5) is 0 Å². The lowest BCUT2D eigenvalue weighted by molar-refractivity contribution is -0.142. The predicted molar refractivity (Wildman–Crippen MR) is 96.3 cm³/mol. The highest BCUT2D eigenvalue weighted by molar-refractivity contribution is 7.98. The lowest BCUT2D eigenvalue weighted by Crippen LogP contribution is -2.45. The van der Waals surface area contributed by atoms with Crippen LogP contribution in [0.25, 0.3) is 0 Å². The molecule has 0 fully saturated rings. The van der Waals surface area contributed by atoms with Crippen molar-refractivity contribution in [1.82, 2.24) is 5.32 Å². The molecule has 22 heavy (non-hydrogen) atoms. The number of carboxylic acid groups (broad SMARTS) is 1. The molecule has 5 heteroatoms. The normalized spacial score (nSPS) is 13.9. The summed E-state index contributed by atoms with van der Waals surface area (Å²) in [6.45, 7) is 14.1. The zero-order valence-electron chi connectivity index (χ0n) is 15.5. The minimum atomic E-state index is -0.870. The molecule has 2 unspecified atom stereocenters. The molecular weight excluding hydrogens is 298 g/mol. The average molecular weight is 334 g/mol. The van der Waals surface area contributed by atoms with Crippen molar-refractivity contribution in [3.8, 4) is 0 Å². The second kappa shape index (κ2) is 11.8. The molecule has 0 aromatic rings. The number of rotatable bonds is 9. The first-order chi connectivity index (χ1) is 10.1. The molecule has 0 aliphatic rings. The van der Waals surface area contributed by atoms with E-state index in [1.165, 1.54) is 0 Å². The smallest absolute Gasteiger partial charge is 0.308 e. The van der Waals surface area contributed by atoms with Crippen molar-refractivity contribution in [2.24, 2.45) is 17.3 Å². The summed E-state index contributed by atoms with van der Waals surface area (Å²) in [6, 6.07) is -0.315. The summed E-state index contributed by atoms with van der Waals surface area (Å²) in [5.41, 5.74) is -0.0609. The fraction of sp³-hybridized carbons (Fsp3) is 0.882. The fourth-order valence-electron chi connectivity index (χ4n) is 2.53. The van der Waals surface area contributed by atoms with Crippen molar-refractivity contribution >= 4 is 23.6 Å². The summed E-state index contributed by atoms with van der Waals surface area (Å²) in [5, 5.41) is 12.0. The van der Waals surface area contributed by atoms with Crippen LogP contribution >= 0.6 is 11.8 Å². The first-order valence-corrected chi connectivity index (χ1v) is 9.49. The van der Waals surface area contributed by atoms with E-state index in [-0.39, 0.29) is 17.4 Å². The van der Waals surface area contributed by atoms with Crippen LogP contribution in [0.15, 0.2) is 0 Å². The molecule has 132 valence electrons. The Balaban J connectivity index is 0. The van der Waals surface area contributed by atoms with Gasteiger partial charge in [0.2, 0.25) is 5.91 Å². The molecule has 1 amide bonds. The van der Waals surface area contributed by atoms with Crippen molar-refractivity contribution < 1.29 is 14.7 Å². The highest BCUT2D eigenvalue weighted by Crippen LogP contribution is 2.29. The van der Waals surface area contributed by atoms with Crippen LogP contribution in [0.2, 0.25) is 0 Å². The van der Waals surface area contributed by atoms with Crippen molar-refractivity contribution in [2.45, 2.75) is 67.3 Å². The van der Waals surface area contributed by atoms with E-state index in [9.17, 15) is 9.59 Å². The summed E-state index contributed by atoms with van der Waals surface area (Å²) < 4.78 is 0. The minimum Gasteiger partial charge on any atom is -0.481 e. The van der Waals surface area contributed by atoms with Crippen LogP contribution in [0.5, 0.6) is 0 Å². The van der Waals surface area contributed by atoms with E-state index in [1.54, 1.807) is 18.7 Å². The van der Waals surface area contributed by atoms with Gasteiger partial charge < -0.3 is 10.4 Å². The van der Waals surface area contributed by atoms with Gasteiger partial charge in [0.05, 0.1) is 12.0 Å². The Kier molecular flexibility index (Phi) is 12.6. The molecule has 4 nitrogen and oxygen atoms in total. The SMILES string of the molecule is CC.CSCC(NC(=O)CC(C)(C)CC(C)C)C(C)C(=O)O. The molecule has 0 rings (SSSR count). The molecule has 0 radical (unpaired) electrons. The standard InChI is InChI=1S/C15H29NO3S.C2H6/c1-10(2)7-15(4,5)8-13(17)16-12(9-20-6)11(3)14(18)19;1-2/h10-12H,7-9H2,1-6H3,(H,16,17)(H,18,19);1-2H3. The van der Waals surface area contributed by atoms with Crippen molar-refractivity contribution in [2.75, 3.05) is 12.0 Å². The Morgan fingerprint density at radius 2 is 1.68 bits per heavy atom. The number of aliphatic carboxylic acids is 1. The molecule has 0 spiro atoms. The van der Waals surface area contributed by atoms with Crippen LogP contribution in [-0.2, 0) is 9.59 Å². The van der Waals surface area contributed by atoms with E-state index in [1.807, 2.05) is 20.1 Å². The lowest BCUT2D eigenvalue weighted by atomic mass is 9.81.